The second kappa shape index (κ2) is 10.8. The Bertz CT molecular complexity index is 3700. The number of para-hydroxylation sites is 2. The minimum Gasteiger partial charge on any atom is -0.307 e. The summed E-state index contributed by atoms with van der Waals surface area (Å²) in [6.45, 7) is 0. The summed E-state index contributed by atoms with van der Waals surface area (Å²) in [5, 5.41) is 11.2. The third-order valence-electron chi connectivity index (χ3n) is 11.7. The average molecular weight is 717 g/mol. The smallest absolute Gasteiger partial charge is 0.162 e. The molecule has 5 aromatic heterocycles. The third-order valence-corrected chi connectivity index (χ3v) is 12.8. The molecule has 4 nitrogen and oxygen atoms in total. The van der Waals surface area contributed by atoms with Crippen LogP contribution in [0.3, 0.4) is 0 Å². The van der Waals surface area contributed by atoms with Crippen molar-refractivity contribution in [3.05, 3.63) is 170 Å². The summed E-state index contributed by atoms with van der Waals surface area (Å²) in [5.41, 5.74) is 10.4. The van der Waals surface area contributed by atoms with Gasteiger partial charge in [0.1, 0.15) is 0 Å². The Labute approximate surface area is 318 Å². The molecule has 0 fully saturated rings. The van der Waals surface area contributed by atoms with Crippen molar-refractivity contribution in [3.63, 3.8) is 0 Å². The molecule has 0 unspecified atom stereocenters. The Balaban J connectivity index is 1.19. The number of hydrogen-bond donors (Lipinski definition) is 0. The van der Waals surface area contributed by atoms with E-state index in [1.165, 1.54) is 75.5 Å². The van der Waals surface area contributed by atoms with Gasteiger partial charge in [0.25, 0.3) is 0 Å². The number of nitrogens with zero attached hydrogens (tertiary/aromatic N) is 4. The quantitative estimate of drug-likeness (QED) is 0.182. The van der Waals surface area contributed by atoms with Crippen LogP contribution >= 0.6 is 11.3 Å². The van der Waals surface area contributed by atoms with Gasteiger partial charge in [-0.05, 0) is 40.8 Å². The van der Waals surface area contributed by atoms with Gasteiger partial charge >= 0.3 is 0 Å². The maximum absolute atomic E-state index is 5.55. The molecule has 5 heterocycles. The van der Waals surface area contributed by atoms with E-state index in [-0.39, 0.29) is 0 Å². The molecule has 0 aliphatic heterocycles. The first-order chi connectivity index (χ1) is 27.3. The van der Waals surface area contributed by atoms with E-state index in [1.807, 2.05) is 0 Å². The van der Waals surface area contributed by atoms with Crippen LogP contribution in [0, 0.1) is 0 Å². The molecule has 254 valence electrons. The van der Waals surface area contributed by atoms with Crippen LogP contribution in [0.4, 0.5) is 0 Å². The van der Waals surface area contributed by atoms with Crippen molar-refractivity contribution in [1.82, 2.24) is 18.9 Å². The van der Waals surface area contributed by atoms with Crippen molar-refractivity contribution >= 4 is 102 Å². The Morgan fingerprint density at radius 3 is 1.91 bits per heavy atom. The Morgan fingerprint density at radius 2 is 1.07 bits per heavy atom. The van der Waals surface area contributed by atoms with Crippen molar-refractivity contribution in [2.45, 2.75) is 0 Å². The van der Waals surface area contributed by atoms with Gasteiger partial charge in [-0.15, -0.1) is 11.3 Å². The standard InChI is InChI=1S/C50H28N4S/c1-2-12-29(13-3-1)30-22-24-32(25-23-30)49-51-45-37-18-8-11-21-42(37)55-48(45)50(52-49)53-39-19-9-6-16-35(39)43-41(53)28-38-34-27-26-31-14-4-5-15-33(31)46(34)54-40-20-10-7-17-36(40)44(43)47(38)54/h1-28H. The zero-order chi connectivity index (χ0) is 35.8. The summed E-state index contributed by atoms with van der Waals surface area (Å²) >= 11 is 1.78. The molecule has 0 bridgehead atoms. The SMILES string of the molecule is c1ccc(-c2ccc(-c3nc(-n4c5ccccc5c5c6c7ccccc7n7c8c9ccccc9ccc8c(cc54)c67)c4sc5ccccc5c4n3)cc2)cc1. The molecule has 13 aromatic rings. The normalized spacial score (nSPS) is 12.4. The van der Waals surface area contributed by atoms with Crippen LogP contribution in [-0.2, 0) is 0 Å². The molecule has 0 N–H and O–H groups in total. The third kappa shape index (κ3) is 3.89. The van der Waals surface area contributed by atoms with E-state index in [2.05, 4.69) is 179 Å². The van der Waals surface area contributed by atoms with Crippen LogP contribution < -0.4 is 0 Å². The van der Waals surface area contributed by atoms with Gasteiger partial charge in [-0.2, -0.15) is 0 Å². The Morgan fingerprint density at radius 1 is 0.418 bits per heavy atom. The summed E-state index contributed by atoms with van der Waals surface area (Å²) in [6, 6.07) is 61.4. The van der Waals surface area contributed by atoms with Gasteiger partial charge in [-0.1, -0.05) is 146 Å². The molecule has 55 heavy (non-hydrogen) atoms. The highest BCUT2D eigenvalue weighted by Gasteiger charge is 2.26. The predicted octanol–water partition coefficient (Wildman–Crippen LogP) is 13.6. The lowest BCUT2D eigenvalue weighted by Gasteiger charge is -2.11. The minimum absolute atomic E-state index is 0.718. The first kappa shape index (κ1) is 29.4. The van der Waals surface area contributed by atoms with Gasteiger partial charge in [0, 0.05) is 53.4 Å². The Hall–Kier alpha value is -7.08. The van der Waals surface area contributed by atoms with E-state index in [9.17, 15) is 0 Å². The maximum atomic E-state index is 5.55. The van der Waals surface area contributed by atoms with Crippen molar-refractivity contribution in [3.8, 4) is 28.3 Å². The van der Waals surface area contributed by atoms with Crippen molar-refractivity contribution < 1.29 is 0 Å². The predicted molar refractivity (Wildman–Crippen MR) is 232 cm³/mol. The molecule has 0 amide bonds. The van der Waals surface area contributed by atoms with Gasteiger partial charge in [-0.25, -0.2) is 9.97 Å². The van der Waals surface area contributed by atoms with Crippen LogP contribution in [-0.4, -0.2) is 18.9 Å². The van der Waals surface area contributed by atoms with Crippen molar-refractivity contribution in [2.24, 2.45) is 0 Å². The summed E-state index contributed by atoms with van der Waals surface area (Å²) in [6.07, 6.45) is 0. The lowest BCUT2D eigenvalue weighted by Crippen LogP contribution is -2.01. The highest BCUT2D eigenvalue weighted by molar-refractivity contribution is 7.26. The van der Waals surface area contributed by atoms with E-state index < -0.39 is 0 Å². The van der Waals surface area contributed by atoms with Crippen LogP contribution in [0.1, 0.15) is 0 Å². The second-order valence-corrected chi connectivity index (χ2v) is 15.6. The number of hydrogen-bond acceptors (Lipinski definition) is 3. The molecule has 0 saturated heterocycles. The van der Waals surface area contributed by atoms with Crippen LogP contribution in [0.15, 0.2) is 170 Å². The molecule has 0 aliphatic carbocycles. The van der Waals surface area contributed by atoms with Crippen LogP contribution in [0.5, 0.6) is 0 Å². The van der Waals surface area contributed by atoms with Gasteiger partial charge in [0.05, 0.1) is 37.8 Å². The number of aromatic nitrogens is 4. The molecule has 5 heteroatoms. The van der Waals surface area contributed by atoms with Crippen molar-refractivity contribution in [1.29, 1.82) is 0 Å². The van der Waals surface area contributed by atoms with Crippen molar-refractivity contribution in [2.75, 3.05) is 0 Å². The molecule has 0 saturated carbocycles. The molecule has 0 spiro atoms. The zero-order valence-corrected chi connectivity index (χ0v) is 30.2. The molecule has 13 rings (SSSR count). The van der Waals surface area contributed by atoms with Crippen LogP contribution in [0.25, 0.3) is 119 Å². The average Bonchev–Trinajstić information content (AvgIpc) is 3.99. The van der Waals surface area contributed by atoms with E-state index in [0.717, 1.165) is 43.8 Å². The monoisotopic (exact) mass is 716 g/mol. The fourth-order valence-electron chi connectivity index (χ4n) is 9.29. The molecule has 0 atom stereocenters. The van der Waals surface area contributed by atoms with Gasteiger partial charge < -0.3 is 4.40 Å². The summed E-state index contributed by atoms with van der Waals surface area (Å²) in [7, 11) is 0. The number of thiophene rings is 1. The molecular weight excluding hydrogens is 689 g/mol. The summed E-state index contributed by atoms with van der Waals surface area (Å²) in [4.78, 5) is 10.9. The van der Waals surface area contributed by atoms with E-state index in [0.29, 0.717) is 0 Å². The molecule has 0 aliphatic rings. The van der Waals surface area contributed by atoms with E-state index in [4.69, 9.17) is 9.97 Å². The zero-order valence-electron chi connectivity index (χ0n) is 29.4. The number of benzene rings is 8. The summed E-state index contributed by atoms with van der Waals surface area (Å²) in [5.74, 6) is 1.63. The largest absolute Gasteiger partial charge is 0.307 e. The molecular formula is C50H28N4S. The molecule has 0 radical (unpaired) electrons. The van der Waals surface area contributed by atoms with Crippen LogP contribution in [0.2, 0.25) is 0 Å². The minimum atomic E-state index is 0.718. The fraction of sp³-hybridized carbons (Fsp3) is 0. The number of rotatable bonds is 3. The van der Waals surface area contributed by atoms with E-state index in [1.54, 1.807) is 11.3 Å². The van der Waals surface area contributed by atoms with E-state index >= 15 is 0 Å². The highest BCUT2D eigenvalue weighted by Crippen LogP contribution is 2.48. The highest BCUT2D eigenvalue weighted by atomic mass is 32.1. The number of fused-ring (bicyclic) bond motifs is 15. The fourth-order valence-corrected chi connectivity index (χ4v) is 10.4. The lowest BCUT2D eigenvalue weighted by molar-refractivity contribution is 1.08. The first-order valence-corrected chi connectivity index (χ1v) is 19.5. The van der Waals surface area contributed by atoms with Gasteiger partial charge in [0.15, 0.2) is 11.6 Å². The lowest BCUT2D eigenvalue weighted by atomic mass is 10.0. The second-order valence-electron chi connectivity index (χ2n) is 14.5. The topological polar surface area (TPSA) is 35.1 Å². The Kier molecular flexibility index (Phi) is 5.74. The first-order valence-electron chi connectivity index (χ1n) is 18.7. The van der Waals surface area contributed by atoms with Gasteiger partial charge in [0.2, 0.25) is 0 Å². The summed E-state index contributed by atoms with van der Waals surface area (Å²) < 4.78 is 7.23. The van der Waals surface area contributed by atoms with Gasteiger partial charge in [-0.3, -0.25) is 4.57 Å². The maximum Gasteiger partial charge on any atom is 0.162 e. The molecule has 8 aromatic carbocycles.